The summed E-state index contributed by atoms with van der Waals surface area (Å²) in [5.74, 6) is 2.90. The topological polar surface area (TPSA) is 35.5 Å². The van der Waals surface area contributed by atoms with Gasteiger partial charge < -0.3 is 9.47 Å². The summed E-state index contributed by atoms with van der Waals surface area (Å²) in [7, 11) is 0. The monoisotopic (exact) mass is 424 g/mol. The minimum Gasteiger partial charge on any atom is -0.479 e. The fourth-order valence-corrected chi connectivity index (χ4v) is 6.87. The Bertz CT molecular complexity index is 709. The Hall–Kier alpha value is -1.04. The summed E-state index contributed by atoms with van der Waals surface area (Å²) in [5.41, 5.74) is 1.29. The molecule has 1 aromatic rings. The quantitative estimate of drug-likeness (QED) is 0.389. The zero-order valence-corrected chi connectivity index (χ0v) is 18.0. The third-order valence-corrected chi connectivity index (χ3v) is 8.15. The molecule has 1 fully saturated rings. The molecule has 1 aliphatic carbocycles. The van der Waals surface area contributed by atoms with Crippen LogP contribution in [0.4, 0.5) is 0 Å². The SMILES string of the molecule is CCSC(SCC)(c1ccc(Cl)cc1)C1C=CC(OC2CCOC2=O)=CC1. The summed E-state index contributed by atoms with van der Waals surface area (Å²) in [4.78, 5) is 11.6. The van der Waals surface area contributed by atoms with Crippen molar-refractivity contribution in [3.05, 3.63) is 58.8 Å². The highest BCUT2D eigenvalue weighted by atomic mass is 35.5. The standard InChI is InChI=1S/C21H25ClO3S2/c1-3-26-21(27-4-2,15-5-9-17(22)10-6-15)16-7-11-18(12-8-16)25-19-13-14-24-20(19)23/h5-7,9-12,16,19H,3-4,8,13-14H2,1-2H3. The zero-order chi connectivity index (χ0) is 19.3. The maximum Gasteiger partial charge on any atom is 0.347 e. The Balaban J connectivity index is 1.80. The maximum absolute atomic E-state index is 11.6. The Labute approximate surface area is 174 Å². The predicted octanol–water partition coefficient (Wildman–Crippen LogP) is 5.79. The molecule has 1 heterocycles. The number of carbonyl (C=O) groups excluding carboxylic acids is 1. The van der Waals surface area contributed by atoms with Gasteiger partial charge in [0.25, 0.3) is 0 Å². The lowest BCUT2D eigenvalue weighted by Crippen LogP contribution is -2.29. The average molecular weight is 425 g/mol. The van der Waals surface area contributed by atoms with Gasteiger partial charge in [-0.05, 0) is 47.8 Å². The summed E-state index contributed by atoms with van der Waals surface area (Å²) in [6.45, 7) is 4.85. The van der Waals surface area contributed by atoms with Crippen LogP contribution in [0.2, 0.25) is 5.02 Å². The first-order chi connectivity index (χ1) is 13.1. The molecule has 1 aliphatic heterocycles. The van der Waals surface area contributed by atoms with E-state index in [2.05, 4.69) is 38.1 Å². The van der Waals surface area contributed by atoms with E-state index in [-0.39, 0.29) is 10.0 Å². The van der Waals surface area contributed by atoms with E-state index in [4.69, 9.17) is 21.1 Å². The second-order valence-electron chi connectivity index (χ2n) is 6.41. The number of rotatable bonds is 8. The number of hydrogen-bond donors (Lipinski definition) is 0. The van der Waals surface area contributed by atoms with Crippen LogP contribution in [0.5, 0.6) is 0 Å². The second-order valence-corrected chi connectivity index (χ2v) is 10.1. The Kier molecular flexibility index (Phi) is 7.23. The molecule has 0 bridgehead atoms. The average Bonchev–Trinajstić information content (AvgIpc) is 3.07. The lowest BCUT2D eigenvalue weighted by atomic mass is 9.91. The van der Waals surface area contributed by atoms with E-state index in [1.165, 1.54) is 5.56 Å². The van der Waals surface area contributed by atoms with Crippen molar-refractivity contribution in [2.24, 2.45) is 5.92 Å². The first-order valence-electron chi connectivity index (χ1n) is 9.34. The van der Waals surface area contributed by atoms with Gasteiger partial charge in [-0.3, -0.25) is 0 Å². The summed E-state index contributed by atoms with van der Waals surface area (Å²) < 4.78 is 10.7. The van der Waals surface area contributed by atoms with E-state index in [9.17, 15) is 4.79 Å². The normalized spacial score (nSPS) is 22.5. The van der Waals surface area contributed by atoms with Gasteiger partial charge in [0, 0.05) is 17.4 Å². The van der Waals surface area contributed by atoms with Gasteiger partial charge in [0.05, 0.1) is 10.7 Å². The largest absolute Gasteiger partial charge is 0.479 e. The molecule has 0 radical (unpaired) electrons. The molecule has 6 heteroatoms. The molecular weight excluding hydrogens is 400 g/mol. The van der Waals surface area contributed by atoms with Crippen molar-refractivity contribution in [2.75, 3.05) is 18.1 Å². The molecule has 0 amide bonds. The van der Waals surface area contributed by atoms with Crippen molar-refractivity contribution in [3.63, 3.8) is 0 Å². The lowest BCUT2D eigenvalue weighted by Gasteiger charge is -2.39. The summed E-state index contributed by atoms with van der Waals surface area (Å²) in [5, 5.41) is 0.758. The summed E-state index contributed by atoms with van der Waals surface area (Å²) in [6, 6.07) is 8.24. The molecule has 2 aliphatic rings. The number of cyclic esters (lactones) is 1. The highest BCUT2D eigenvalue weighted by Crippen LogP contribution is 2.54. The first-order valence-corrected chi connectivity index (χ1v) is 11.7. The Morgan fingerprint density at radius 1 is 1.22 bits per heavy atom. The van der Waals surface area contributed by atoms with Crippen LogP contribution in [0.1, 0.15) is 32.3 Å². The highest BCUT2D eigenvalue weighted by Gasteiger charge is 2.40. The third kappa shape index (κ3) is 4.69. The molecule has 0 aromatic heterocycles. The van der Waals surface area contributed by atoms with Gasteiger partial charge in [0.15, 0.2) is 6.10 Å². The van der Waals surface area contributed by atoms with Gasteiger partial charge in [-0.1, -0.05) is 43.7 Å². The van der Waals surface area contributed by atoms with Crippen LogP contribution in [-0.4, -0.2) is 30.2 Å². The number of ether oxygens (including phenoxy) is 2. The maximum atomic E-state index is 11.6. The van der Waals surface area contributed by atoms with Crippen LogP contribution in [0, 0.1) is 5.92 Å². The summed E-state index contributed by atoms with van der Waals surface area (Å²) in [6.07, 6.45) is 7.38. The number of allylic oxidation sites excluding steroid dienone is 3. The summed E-state index contributed by atoms with van der Waals surface area (Å²) >= 11 is 10.1. The first kappa shape index (κ1) is 20.7. The van der Waals surface area contributed by atoms with Crippen LogP contribution in [-0.2, 0) is 18.3 Å². The molecule has 3 rings (SSSR count). The van der Waals surface area contributed by atoms with Crippen LogP contribution in [0.15, 0.2) is 48.3 Å². The molecule has 1 saturated heterocycles. The number of benzene rings is 1. The molecule has 2 atom stereocenters. The van der Waals surface area contributed by atoms with Crippen LogP contribution in [0.25, 0.3) is 0 Å². The number of halogens is 1. The van der Waals surface area contributed by atoms with Gasteiger partial charge >= 0.3 is 5.97 Å². The lowest BCUT2D eigenvalue weighted by molar-refractivity contribution is -0.145. The minimum atomic E-state index is -0.464. The van der Waals surface area contributed by atoms with E-state index >= 15 is 0 Å². The van der Waals surface area contributed by atoms with Gasteiger partial charge in [0.1, 0.15) is 5.76 Å². The second kappa shape index (κ2) is 9.44. The van der Waals surface area contributed by atoms with E-state index in [0.29, 0.717) is 18.9 Å². The number of thioether (sulfide) groups is 2. The van der Waals surface area contributed by atoms with Crippen LogP contribution < -0.4 is 0 Å². The zero-order valence-electron chi connectivity index (χ0n) is 15.7. The van der Waals surface area contributed by atoms with E-state index in [0.717, 1.165) is 28.7 Å². The van der Waals surface area contributed by atoms with Crippen molar-refractivity contribution in [3.8, 4) is 0 Å². The van der Waals surface area contributed by atoms with Crippen molar-refractivity contribution in [2.45, 2.75) is 36.9 Å². The van der Waals surface area contributed by atoms with E-state index < -0.39 is 6.10 Å². The number of hydrogen-bond acceptors (Lipinski definition) is 5. The number of carbonyl (C=O) groups is 1. The van der Waals surface area contributed by atoms with Crippen molar-refractivity contribution in [1.82, 2.24) is 0 Å². The highest BCUT2D eigenvalue weighted by molar-refractivity contribution is 8.17. The fraction of sp³-hybridized carbons (Fsp3) is 0.476. The van der Waals surface area contributed by atoms with Crippen LogP contribution in [0.3, 0.4) is 0 Å². The molecule has 146 valence electrons. The molecule has 3 nitrogen and oxygen atoms in total. The molecular formula is C21H25ClO3S2. The van der Waals surface area contributed by atoms with Crippen molar-refractivity contribution in [1.29, 1.82) is 0 Å². The van der Waals surface area contributed by atoms with Gasteiger partial charge in [-0.2, -0.15) is 0 Å². The van der Waals surface area contributed by atoms with Crippen LogP contribution >= 0.6 is 35.1 Å². The molecule has 0 spiro atoms. The van der Waals surface area contributed by atoms with Gasteiger partial charge in [0.2, 0.25) is 0 Å². The molecule has 27 heavy (non-hydrogen) atoms. The van der Waals surface area contributed by atoms with E-state index in [1.807, 2.05) is 41.7 Å². The van der Waals surface area contributed by atoms with Gasteiger partial charge in [-0.15, -0.1) is 23.5 Å². The smallest absolute Gasteiger partial charge is 0.347 e. The molecule has 0 N–H and O–H groups in total. The predicted molar refractivity (Wildman–Crippen MR) is 115 cm³/mol. The molecule has 2 unspecified atom stereocenters. The fourth-order valence-electron chi connectivity index (χ4n) is 3.47. The molecule has 1 aromatic carbocycles. The van der Waals surface area contributed by atoms with Crippen molar-refractivity contribution >= 4 is 41.1 Å². The van der Waals surface area contributed by atoms with E-state index in [1.54, 1.807) is 0 Å². The Morgan fingerprint density at radius 2 is 1.93 bits per heavy atom. The number of esters is 1. The Morgan fingerprint density at radius 3 is 2.44 bits per heavy atom. The van der Waals surface area contributed by atoms with Gasteiger partial charge in [-0.25, -0.2) is 4.79 Å². The third-order valence-electron chi connectivity index (χ3n) is 4.68. The molecule has 0 saturated carbocycles. The van der Waals surface area contributed by atoms with Crippen molar-refractivity contribution < 1.29 is 14.3 Å². The minimum absolute atomic E-state index is 0.0705.